The van der Waals surface area contributed by atoms with Gasteiger partial charge < -0.3 is 28.9 Å². The number of benzene rings is 5. The van der Waals surface area contributed by atoms with Crippen molar-refractivity contribution in [2.24, 2.45) is 0 Å². The summed E-state index contributed by atoms with van der Waals surface area (Å²) in [5.74, 6) is 1.04. The lowest BCUT2D eigenvalue weighted by molar-refractivity contribution is 0.150. The Morgan fingerprint density at radius 1 is 0.369 bits per heavy atom. The first-order chi connectivity index (χ1) is 31.9. The predicted octanol–water partition coefficient (Wildman–Crippen LogP) is 8.98. The fraction of sp³-hybridized carbons (Fsp3) is 0.340. The maximum atomic E-state index is 13.7. The molecule has 0 atom stereocenters. The van der Waals surface area contributed by atoms with Crippen LogP contribution in [0.1, 0.15) is 47.1 Å². The minimum absolute atomic E-state index is 0.286. The maximum absolute atomic E-state index is 13.7. The van der Waals surface area contributed by atoms with Crippen molar-refractivity contribution in [2.75, 3.05) is 78.5 Å². The van der Waals surface area contributed by atoms with E-state index in [2.05, 4.69) is 63.2 Å². The van der Waals surface area contributed by atoms with Crippen LogP contribution in [0.25, 0.3) is 12.2 Å². The molecular weight excluding hydrogens is 817 g/mol. The van der Waals surface area contributed by atoms with E-state index in [1.807, 2.05) is 66.7 Å². The molecule has 3 aliphatic rings. The molecule has 3 fully saturated rings. The fourth-order valence-corrected chi connectivity index (χ4v) is 8.60. The Hall–Kier alpha value is -6.47. The Morgan fingerprint density at radius 3 is 1.11 bits per heavy atom. The van der Waals surface area contributed by atoms with Crippen molar-refractivity contribution in [1.29, 1.82) is 0 Å². The molecule has 0 unspecified atom stereocenters. The minimum Gasteiger partial charge on any atom is -0.410 e. The van der Waals surface area contributed by atoms with Crippen LogP contribution in [-0.2, 0) is 19.6 Å². The average molecular weight is 877 g/mol. The number of ether oxygens (including phenoxy) is 3. The molecule has 3 heterocycles. The third kappa shape index (κ3) is 13.8. The van der Waals surface area contributed by atoms with Gasteiger partial charge in [-0.05, 0) is 71.3 Å². The van der Waals surface area contributed by atoms with Crippen molar-refractivity contribution in [3.8, 4) is 17.2 Å². The number of rotatable bonds is 11. The van der Waals surface area contributed by atoms with Crippen molar-refractivity contribution in [3.63, 3.8) is 0 Å². The lowest BCUT2D eigenvalue weighted by atomic mass is 10.1. The lowest BCUT2D eigenvalue weighted by Crippen LogP contribution is -2.37. The number of amides is 3. The maximum Gasteiger partial charge on any atom is 0.415 e. The largest absolute Gasteiger partial charge is 0.415 e. The first-order valence-electron chi connectivity index (χ1n) is 23.0. The van der Waals surface area contributed by atoms with E-state index in [1.165, 1.54) is 16.7 Å². The summed E-state index contributed by atoms with van der Waals surface area (Å²) in [6.07, 6.45) is 5.11. The molecule has 5 aromatic rings. The van der Waals surface area contributed by atoms with Gasteiger partial charge in [0.15, 0.2) is 0 Å². The Morgan fingerprint density at radius 2 is 0.723 bits per heavy atom. The Balaban J connectivity index is 0.905. The van der Waals surface area contributed by atoms with Crippen LogP contribution in [0.5, 0.6) is 17.2 Å². The number of carbonyl (C=O) groups excluding carboxylic acids is 3. The highest BCUT2D eigenvalue weighted by Gasteiger charge is 2.25. The molecule has 3 aliphatic heterocycles. The van der Waals surface area contributed by atoms with E-state index >= 15 is 0 Å². The molecule has 0 bridgehead atoms. The van der Waals surface area contributed by atoms with E-state index in [0.29, 0.717) is 50.6 Å². The predicted molar refractivity (Wildman–Crippen MR) is 254 cm³/mol. The van der Waals surface area contributed by atoms with Crippen LogP contribution in [0, 0.1) is 0 Å². The van der Waals surface area contributed by atoms with Gasteiger partial charge in [0.2, 0.25) is 0 Å². The molecular formula is C53H60N6O6. The molecule has 338 valence electrons. The van der Waals surface area contributed by atoms with Crippen molar-refractivity contribution in [2.45, 2.75) is 38.9 Å². The Kier molecular flexibility index (Phi) is 15.9. The summed E-state index contributed by atoms with van der Waals surface area (Å²) in [5.41, 5.74) is 5.31. The molecule has 0 aromatic heterocycles. The number of carbonyl (C=O) groups is 3. The second-order valence-electron chi connectivity index (χ2n) is 17.1. The molecule has 3 saturated heterocycles. The van der Waals surface area contributed by atoms with E-state index in [1.54, 1.807) is 45.0 Å². The summed E-state index contributed by atoms with van der Waals surface area (Å²) in [6, 6.07) is 43.6. The molecule has 8 rings (SSSR count). The van der Waals surface area contributed by atoms with Gasteiger partial charge in [0.05, 0.1) is 0 Å². The van der Waals surface area contributed by atoms with Gasteiger partial charge in [0.25, 0.3) is 0 Å². The minimum atomic E-state index is -0.439. The highest BCUT2D eigenvalue weighted by atomic mass is 16.6. The molecule has 5 aromatic carbocycles. The van der Waals surface area contributed by atoms with Gasteiger partial charge in [0, 0.05) is 104 Å². The topological polar surface area (TPSA) is 98.3 Å². The van der Waals surface area contributed by atoms with Gasteiger partial charge in [-0.15, -0.1) is 0 Å². The summed E-state index contributed by atoms with van der Waals surface area (Å²) in [6.45, 7) is 11.0. The van der Waals surface area contributed by atoms with Crippen LogP contribution in [-0.4, -0.2) is 126 Å². The van der Waals surface area contributed by atoms with E-state index < -0.39 is 12.2 Å². The van der Waals surface area contributed by atoms with Crippen molar-refractivity contribution >= 4 is 30.4 Å². The van der Waals surface area contributed by atoms with E-state index in [0.717, 1.165) is 83.7 Å². The van der Waals surface area contributed by atoms with Crippen molar-refractivity contribution in [3.05, 3.63) is 161 Å². The van der Waals surface area contributed by atoms with Crippen LogP contribution in [0.4, 0.5) is 14.4 Å². The second-order valence-corrected chi connectivity index (χ2v) is 17.1. The summed E-state index contributed by atoms with van der Waals surface area (Å²) in [5, 5.41) is 0. The molecule has 3 amide bonds. The van der Waals surface area contributed by atoms with Gasteiger partial charge in [0.1, 0.15) is 17.2 Å². The molecule has 0 spiro atoms. The van der Waals surface area contributed by atoms with Crippen LogP contribution < -0.4 is 14.2 Å². The van der Waals surface area contributed by atoms with Crippen molar-refractivity contribution in [1.82, 2.24) is 29.4 Å². The molecule has 0 saturated carbocycles. The standard InChI is InChI=1S/C53H60N6O6/c60-51(57-28-10-25-54(31-34-57)40-44-13-4-1-5-14-44)63-48-23-21-43(22-24-48)19-20-47-37-49(64-52(61)58-29-11-26-55(32-35-58)41-45-15-6-2-7-16-45)39-50(38-47)65-53(62)59-30-12-27-56(33-36-59)42-46-17-8-3-9-18-46/h1-9,13-24,37-39H,10-12,25-36,40-42H2/b20-19+. The molecule has 65 heavy (non-hydrogen) atoms. The number of hydrogen-bond acceptors (Lipinski definition) is 9. The van der Waals surface area contributed by atoms with Gasteiger partial charge in [-0.1, -0.05) is 115 Å². The normalized spacial score (nSPS) is 17.0. The summed E-state index contributed by atoms with van der Waals surface area (Å²) in [7, 11) is 0. The van der Waals surface area contributed by atoms with Gasteiger partial charge >= 0.3 is 18.3 Å². The SMILES string of the molecule is O=C(Oc1ccc(/C=C/c2cc(OC(=O)N3CCCN(Cc4ccccc4)CC3)cc(OC(=O)N3CCCN(Cc4ccccc4)CC3)c2)cc1)N1CCCN(Cc2ccccc2)CC1. The van der Waals surface area contributed by atoms with Crippen molar-refractivity contribution < 1.29 is 28.6 Å². The Bertz CT molecular complexity index is 2230. The summed E-state index contributed by atoms with van der Waals surface area (Å²) >= 11 is 0. The zero-order valence-corrected chi connectivity index (χ0v) is 37.2. The summed E-state index contributed by atoms with van der Waals surface area (Å²) in [4.78, 5) is 52.9. The van der Waals surface area contributed by atoms with Crippen LogP contribution in [0.3, 0.4) is 0 Å². The van der Waals surface area contributed by atoms with E-state index in [-0.39, 0.29) is 17.6 Å². The monoisotopic (exact) mass is 876 g/mol. The Labute approximate surface area is 383 Å². The third-order valence-corrected chi connectivity index (χ3v) is 12.2. The molecule has 0 radical (unpaired) electrons. The van der Waals surface area contributed by atoms with Gasteiger partial charge in [-0.3, -0.25) is 14.7 Å². The molecule has 0 aliphatic carbocycles. The fourth-order valence-electron chi connectivity index (χ4n) is 8.60. The highest BCUT2D eigenvalue weighted by molar-refractivity contribution is 5.76. The zero-order chi connectivity index (χ0) is 44.6. The van der Waals surface area contributed by atoms with Gasteiger partial charge in [-0.2, -0.15) is 0 Å². The van der Waals surface area contributed by atoms with E-state index in [9.17, 15) is 14.4 Å². The second kappa shape index (κ2) is 22.9. The lowest BCUT2D eigenvalue weighted by Gasteiger charge is -2.22. The quantitative estimate of drug-likeness (QED) is 0.121. The molecule has 0 N–H and O–H groups in total. The summed E-state index contributed by atoms with van der Waals surface area (Å²) < 4.78 is 17.9. The zero-order valence-electron chi connectivity index (χ0n) is 37.2. The molecule has 12 heteroatoms. The smallest absolute Gasteiger partial charge is 0.410 e. The molecule has 12 nitrogen and oxygen atoms in total. The van der Waals surface area contributed by atoms with Crippen LogP contribution in [0.15, 0.2) is 133 Å². The number of hydrogen-bond donors (Lipinski definition) is 0. The van der Waals surface area contributed by atoms with Crippen LogP contribution >= 0.6 is 0 Å². The first kappa shape index (κ1) is 45.1. The average Bonchev–Trinajstić information content (AvgIpc) is 3.82. The van der Waals surface area contributed by atoms with Gasteiger partial charge in [-0.25, -0.2) is 14.4 Å². The first-order valence-corrected chi connectivity index (χ1v) is 23.0. The van der Waals surface area contributed by atoms with Crippen LogP contribution in [0.2, 0.25) is 0 Å². The number of nitrogens with zero attached hydrogens (tertiary/aromatic N) is 6. The highest BCUT2D eigenvalue weighted by Crippen LogP contribution is 2.27. The third-order valence-electron chi connectivity index (χ3n) is 12.2. The van der Waals surface area contributed by atoms with E-state index in [4.69, 9.17) is 14.2 Å².